The zero-order valence-electron chi connectivity index (χ0n) is 14.4. The summed E-state index contributed by atoms with van der Waals surface area (Å²) in [5, 5.41) is 2.50. The maximum Gasteiger partial charge on any atom is 0.228 e. The third-order valence-electron chi connectivity index (χ3n) is 4.28. The summed E-state index contributed by atoms with van der Waals surface area (Å²) < 4.78 is 26.4. The van der Waals surface area contributed by atoms with Crippen LogP contribution in [0.3, 0.4) is 0 Å². The first-order valence-electron chi connectivity index (χ1n) is 8.15. The summed E-state index contributed by atoms with van der Waals surface area (Å²) in [6.07, 6.45) is 0.161. The molecule has 2 aromatic carbocycles. The van der Waals surface area contributed by atoms with E-state index in [4.69, 9.17) is 0 Å². The highest BCUT2D eigenvalue weighted by atomic mass is 32.1. The smallest absolute Gasteiger partial charge is 0.228 e. The van der Waals surface area contributed by atoms with Gasteiger partial charge >= 0.3 is 0 Å². The summed E-state index contributed by atoms with van der Waals surface area (Å²) in [7, 11) is 1.72. The van der Waals surface area contributed by atoms with Crippen molar-refractivity contribution in [3.05, 3.63) is 76.8 Å². The Morgan fingerprint density at radius 2 is 1.88 bits per heavy atom. The van der Waals surface area contributed by atoms with Crippen LogP contribution in [0.1, 0.15) is 24.2 Å². The predicted molar refractivity (Wildman–Crippen MR) is 98.8 cm³/mol. The Morgan fingerprint density at radius 3 is 2.58 bits per heavy atom. The SMILES string of the molecule is CC(c1ccc(F)cc1)N(C)C(=O)Cc1csc(-c2cccc(F)c2)n1. The fourth-order valence-electron chi connectivity index (χ4n) is 2.60. The van der Waals surface area contributed by atoms with E-state index in [9.17, 15) is 13.6 Å². The second-order valence-corrected chi connectivity index (χ2v) is 6.92. The number of halogens is 2. The lowest BCUT2D eigenvalue weighted by Gasteiger charge is -2.25. The van der Waals surface area contributed by atoms with Crippen molar-refractivity contribution in [2.75, 3.05) is 7.05 Å². The molecule has 0 N–H and O–H groups in total. The molecule has 1 amide bonds. The van der Waals surface area contributed by atoms with E-state index in [-0.39, 0.29) is 30.0 Å². The van der Waals surface area contributed by atoms with E-state index < -0.39 is 0 Å². The first-order chi connectivity index (χ1) is 12.4. The van der Waals surface area contributed by atoms with Crippen LogP contribution >= 0.6 is 11.3 Å². The Balaban J connectivity index is 1.68. The van der Waals surface area contributed by atoms with Crippen LogP contribution in [0.5, 0.6) is 0 Å². The number of benzene rings is 2. The number of amides is 1. The topological polar surface area (TPSA) is 33.2 Å². The Bertz CT molecular complexity index is 908. The first kappa shape index (κ1) is 18.2. The molecule has 1 heterocycles. The summed E-state index contributed by atoms with van der Waals surface area (Å²) in [6.45, 7) is 1.89. The number of hydrogen-bond acceptors (Lipinski definition) is 3. The summed E-state index contributed by atoms with van der Waals surface area (Å²) >= 11 is 1.38. The van der Waals surface area contributed by atoms with Crippen molar-refractivity contribution < 1.29 is 13.6 Å². The number of carbonyl (C=O) groups excluding carboxylic acids is 1. The highest BCUT2D eigenvalue weighted by Gasteiger charge is 2.19. The van der Waals surface area contributed by atoms with E-state index in [1.54, 1.807) is 36.2 Å². The van der Waals surface area contributed by atoms with Gasteiger partial charge in [0.2, 0.25) is 5.91 Å². The predicted octanol–water partition coefficient (Wildman–Crippen LogP) is 4.85. The van der Waals surface area contributed by atoms with Gasteiger partial charge in [-0.2, -0.15) is 0 Å². The molecule has 0 aliphatic carbocycles. The zero-order chi connectivity index (χ0) is 18.7. The van der Waals surface area contributed by atoms with Gasteiger partial charge in [0.05, 0.1) is 18.2 Å². The van der Waals surface area contributed by atoms with Gasteiger partial charge < -0.3 is 4.90 Å². The van der Waals surface area contributed by atoms with Crippen LogP contribution in [0.4, 0.5) is 8.78 Å². The molecule has 1 aromatic heterocycles. The molecule has 0 saturated carbocycles. The van der Waals surface area contributed by atoms with Crippen LogP contribution in [0, 0.1) is 11.6 Å². The van der Waals surface area contributed by atoms with Crippen molar-refractivity contribution in [3.8, 4) is 10.6 Å². The zero-order valence-corrected chi connectivity index (χ0v) is 15.3. The van der Waals surface area contributed by atoms with Gasteiger partial charge in [-0.05, 0) is 36.8 Å². The van der Waals surface area contributed by atoms with Crippen molar-refractivity contribution in [2.24, 2.45) is 0 Å². The van der Waals surface area contributed by atoms with Gasteiger partial charge in [-0.1, -0.05) is 24.3 Å². The van der Waals surface area contributed by atoms with Crippen molar-refractivity contribution in [1.82, 2.24) is 9.88 Å². The minimum absolute atomic E-state index is 0.0853. The Kier molecular flexibility index (Phi) is 5.42. The number of rotatable bonds is 5. The van der Waals surface area contributed by atoms with Gasteiger partial charge in [-0.25, -0.2) is 13.8 Å². The molecule has 0 saturated heterocycles. The average molecular weight is 372 g/mol. The first-order valence-corrected chi connectivity index (χ1v) is 9.03. The third-order valence-corrected chi connectivity index (χ3v) is 5.22. The van der Waals surface area contributed by atoms with E-state index in [2.05, 4.69) is 4.98 Å². The molecule has 134 valence electrons. The van der Waals surface area contributed by atoms with E-state index in [0.717, 1.165) is 5.56 Å². The fourth-order valence-corrected chi connectivity index (χ4v) is 3.42. The Hall–Kier alpha value is -2.60. The molecular weight excluding hydrogens is 354 g/mol. The van der Waals surface area contributed by atoms with E-state index in [1.807, 2.05) is 12.3 Å². The number of likely N-dealkylation sites (N-methyl/N-ethyl adjacent to an activating group) is 1. The minimum Gasteiger partial charge on any atom is -0.339 e. The number of aromatic nitrogens is 1. The standard InChI is InChI=1S/C20H18F2N2OS/c1-13(14-6-8-16(21)9-7-14)24(2)19(25)11-18-12-26-20(23-18)15-4-3-5-17(22)10-15/h3-10,12-13H,11H2,1-2H3. The molecule has 0 aliphatic heterocycles. The molecule has 6 heteroatoms. The highest BCUT2D eigenvalue weighted by Crippen LogP contribution is 2.25. The second-order valence-electron chi connectivity index (χ2n) is 6.06. The number of hydrogen-bond donors (Lipinski definition) is 0. The minimum atomic E-state index is -0.316. The Morgan fingerprint density at radius 1 is 1.15 bits per heavy atom. The van der Waals surface area contributed by atoms with Gasteiger partial charge in [-0.3, -0.25) is 4.79 Å². The van der Waals surface area contributed by atoms with Crippen molar-refractivity contribution in [2.45, 2.75) is 19.4 Å². The van der Waals surface area contributed by atoms with Crippen molar-refractivity contribution >= 4 is 17.2 Å². The summed E-state index contributed by atoms with van der Waals surface area (Å²) in [5.74, 6) is -0.705. The van der Waals surface area contributed by atoms with Gasteiger partial charge in [0.15, 0.2) is 0 Å². The van der Waals surface area contributed by atoms with E-state index >= 15 is 0 Å². The summed E-state index contributed by atoms with van der Waals surface area (Å²) in [4.78, 5) is 18.6. The van der Waals surface area contributed by atoms with Gasteiger partial charge in [0.25, 0.3) is 0 Å². The molecule has 0 spiro atoms. The lowest BCUT2D eigenvalue weighted by atomic mass is 10.1. The quantitative estimate of drug-likeness (QED) is 0.641. The third kappa shape index (κ3) is 4.14. The number of carbonyl (C=O) groups is 1. The van der Waals surface area contributed by atoms with Gasteiger partial charge in [0.1, 0.15) is 16.6 Å². The maximum absolute atomic E-state index is 13.3. The second kappa shape index (κ2) is 7.74. The largest absolute Gasteiger partial charge is 0.339 e. The van der Waals surface area contributed by atoms with Crippen molar-refractivity contribution in [1.29, 1.82) is 0 Å². The Labute approximate surface area is 154 Å². The maximum atomic E-state index is 13.3. The molecule has 1 atom stereocenters. The van der Waals surface area contributed by atoms with Crippen LogP contribution in [0.15, 0.2) is 53.9 Å². The fraction of sp³-hybridized carbons (Fsp3) is 0.200. The summed E-state index contributed by atoms with van der Waals surface area (Å²) in [5.41, 5.74) is 2.21. The monoisotopic (exact) mass is 372 g/mol. The molecule has 3 aromatic rings. The lowest BCUT2D eigenvalue weighted by molar-refractivity contribution is -0.131. The molecule has 26 heavy (non-hydrogen) atoms. The normalized spacial score (nSPS) is 12.0. The molecule has 0 aliphatic rings. The number of thiazole rings is 1. The summed E-state index contributed by atoms with van der Waals surface area (Å²) in [6, 6.07) is 12.2. The average Bonchev–Trinajstić information content (AvgIpc) is 3.09. The molecule has 3 nitrogen and oxygen atoms in total. The van der Waals surface area contributed by atoms with Crippen molar-refractivity contribution in [3.63, 3.8) is 0 Å². The van der Waals surface area contributed by atoms with Crippen LogP contribution in [-0.4, -0.2) is 22.8 Å². The molecule has 0 bridgehead atoms. The molecular formula is C20H18F2N2OS. The van der Waals surface area contributed by atoms with Crippen LogP contribution < -0.4 is 0 Å². The van der Waals surface area contributed by atoms with Crippen LogP contribution in [0.2, 0.25) is 0 Å². The molecule has 3 rings (SSSR count). The van der Waals surface area contributed by atoms with Crippen LogP contribution in [-0.2, 0) is 11.2 Å². The lowest BCUT2D eigenvalue weighted by Crippen LogP contribution is -2.31. The number of nitrogens with zero attached hydrogens (tertiary/aromatic N) is 2. The van der Waals surface area contributed by atoms with Gasteiger partial charge in [0, 0.05) is 18.0 Å². The van der Waals surface area contributed by atoms with Crippen LogP contribution in [0.25, 0.3) is 10.6 Å². The highest BCUT2D eigenvalue weighted by molar-refractivity contribution is 7.13. The molecule has 0 fully saturated rings. The van der Waals surface area contributed by atoms with Gasteiger partial charge in [-0.15, -0.1) is 11.3 Å². The van der Waals surface area contributed by atoms with E-state index in [0.29, 0.717) is 16.3 Å². The molecule has 1 unspecified atom stereocenters. The molecule has 0 radical (unpaired) electrons. The van der Waals surface area contributed by atoms with E-state index in [1.165, 1.54) is 35.6 Å².